The average Bonchev–Trinajstić information content (AvgIpc) is 2.82. The van der Waals surface area contributed by atoms with Crippen LogP contribution in [0.5, 0.6) is 5.75 Å². The standard InChI is InChI=1S/C26H28N2O2/c29-26(28(23-10-4-1-5-11-23)24-12-6-2-7-13-24)22-14-16-25(17-15-22)30-21-20-27-18-8-3-9-19-27/h1-2,4-7,10-17H,3,8-9,18-21H2. The number of piperidine rings is 1. The van der Waals surface area contributed by atoms with Crippen LogP contribution in [0.2, 0.25) is 0 Å². The first-order valence-corrected chi connectivity index (χ1v) is 10.7. The zero-order valence-corrected chi connectivity index (χ0v) is 17.2. The molecule has 154 valence electrons. The van der Waals surface area contributed by atoms with E-state index in [0.717, 1.165) is 23.7 Å². The van der Waals surface area contributed by atoms with Crippen molar-refractivity contribution < 1.29 is 9.53 Å². The van der Waals surface area contributed by atoms with E-state index in [0.29, 0.717) is 12.2 Å². The van der Waals surface area contributed by atoms with Gasteiger partial charge in [0, 0.05) is 23.5 Å². The van der Waals surface area contributed by atoms with Gasteiger partial charge in [0.1, 0.15) is 12.4 Å². The number of anilines is 2. The van der Waals surface area contributed by atoms with Crippen LogP contribution in [-0.2, 0) is 0 Å². The van der Waals surface area contributed by atoms with Crippen LogP contribution in [-0.4, -0.2) is 37.0 Å². The van der Waals surface area contributed by atoms with Crippen molar-refractivity contribution in [3.8, 4) is 5.75 Å². The van der Waals surface area contributed by atoms with E-state index < -0.39 is 0 Å². The van der Waals surface area contributed by atoms with Gasteiger partial charge in [0.2, 0.25) is 0 Å². The smallest absolute Gasteiger partial charge is 0.262 e. The first-order valence-electron chi connectivity index (χ1n) is 10.7. The van der Waals surface area contributed by atoms with Gasteiger partial charge in [0.05, 0.1) is 0 Å². The number of amides is 1. The summed E-state index contributed by atoms with van der Waals surface area (Å²) in [5.41, 5.74) is 2.32. The Labute approximate surface area is 178 Å². The van der Waals surface area contributed by atoms with Gasteiger partial charge < -0.3 is 4.74 Å². The topological polar surface area (TPSA) is 32.8 Å². The van der Waals surface area contributed by atoms with Gasteiger partial charge in [-0.25, -0.2) is 0 Å². The van der Waals surface area contributed by atoms with Gasteiger partial charge in [0.15, 0.2) is 0 Å². The van der Waals surface area contributed by atoms with Crippen molar-refractivity contribution in [1.29, 1.82) is 0 Å². The second-order valence-corrected chi connectivity index (χ2v) is 7.59. The average molecular weight is 401 g/mol. The third-order valence-corrected chi connectivity index (χ3v) is 5.46. The molecule has 4 rings (SSSR count). The molecule has 0 bridgehead atoms. The predicted octanol–water partition coefficient (Wildman–Crippen LogP) is 5.53. The highest BCUT2D eigenvalue weighted by Crippen LogP contribution is 2.27. The molecule has 1 amide bonds. The lowest BCUT2D eigenvalue weighted by Gasteiger charge is -2.26. The number of hydrogen-bond acceptors (Lipinski definition) is 3. The normalized spacial score (nSPS) is 14.3. The Bertz CT molecular complexity index is 881. The molecule has 4 heteroatoms. The van der Waals surface area contributed by atoms with Gasteiger partial charge in [-0.15, -0.1) is 0 Å². The lowest BCUT2D eigenvalue weighted by atomic mass is 10.1. The highest BCUT2D eigenvalue weighted by atomic mass is 16.5. The minimum absolute atomic E-state index is 0.0627. The quantitative estimate of drug-likeness (QED) is 0.523. The first-order chi connectivity index (χ1) is 14.8. The van der Waals surface area contributed by atoms with Crippen molar-refractivity contribution in [2.24, 2.45) is 0 Å². The molecule has 3 aromatic carbocycles. The summed E-state index contributed by atoms with van der Waals surface area (Å²) in [7, 11) is 0. The summed E-state index contributed by atoms with van der Waals surface area (Å²) in [6.07, 6.45) is 3.92. The fourth-order valence-electron chi connectivity index (χ4n) is 3.84. The second kappa shape index (κ2) is 10.1. The molecule has 0 unspecified atom stereocenters. The molecule has 0 radical (unpaired) electrons. The number of likely N-dealkylation sites (tertiary alicyclic amines) is 1. The highest BCUT2D eigenvalue weighted by molar-refractivity contribution is 6.10. The monoisotopic (exact) mass is 400 g/mol. The Morgan fingerprint density at radius 1 is 0.767 bits per heavy atom. The Morgan fingerprint density at radius 3 is 1.90 bits per heavy atom. The number of para-hydroxylation sites is 2. The van der Waals surface area contributed by atoms with E-state index in [1.165, 1.54) is 32.4 Å². The minimum atomic E-state index is -0.0627. The molecule has 1 aliphatic heterocycles. The molecule has 1 saturated heterocycles. The third kappa shape index (κ3) is 5.08. The van der Waals surface area contributed by atoms with Gasteiger partial charge in [0.25, 0.3) is 5.91 Å². The molecule has 0 atom stereocenters. The van der Waals surface area contributed by atoms with Gasteiger partial charge in [-0.1, -0.05) is 42.8 Å². The molecular formula is C26H28N2O2. The van der Waals surface area contributed by atoms with E-state index in [2.05, 4.69) is 4.90 Å². The zero-order valence-electron chi connectivity index (χ0n) is 17.2. The van der Waals surface area contributed by atoms with Gasteiger partial charge in [-0.05, 0) is 74.5 Å². The molecule has 3 aromatic rings. The lowest BCUT2D eigenvalue weighted by molar-refractivity contribution is 0.0999. The number of ether oxygens (including phenoxy) is 1. The number of benzene rings is 3. The number of nitrogens with zero attached hydrogens (tertiary/aromatic N) is 2. The van der Waals surface area contributed by atoms with Crippen LogP contribution < -0.4 is 9.64 Å². The molecule has 1 heterocycles. The van der Waals surface area contributed by atoms with Crippen molar-refractivity contribution >= 4 is 17.3 Å². The number of carbonyl (C=O) groups is 1. The fourth-order valence-corrected chi connectivity index (χ4v) is 3.84. The van der Waals surface area contributed by atoms with Gasteiger partial charge in [-0.2, -0.15) is 0 Å². The fraction of sp³-hybridized carbons (Fsp3) is 0.269. The van der Waals surface area contributed by atoms with E-state index in [1.807, 2.05) is 84.9 Å². The maximum absolute atomic E-state index is 13.4. The van der Waals surface area contributed by atoms with Crippen molar-refractivity contribution in [3.05, 3.63) is 90.5 Å². The molecule has 0 N–H and O–H groups in total. The zero-order chi connectivity index (χ0) is 20.6. The molecule has 0 spiro atoms. The first kappa shape index (κ1) is 20.2. The van der Waals surface area contributed by atoms with E-state index in [-0.39, 0.29) is 5.91 Å². The maximum Gasteiger partial charge on any atom is 0.262 e. The summed E-state index contributed by atoms with van der Waals surface area (Å²) in [5, 5.41) is 0. The van der Waals surface area contributed by atoms with Crippen LogP contribution in [0.15, 0.2) is 84.9 Å². The molecule has 30 heavy (non-hydrogen) atoms. The van der Waals surface area contributed by atoms with Gasteiger partial charge >= 0.3 is 0 Å². The molecule has 1 fully saturated rings. The predicted molar refractivity (Wildman–Crippen MR) is 122 cm³/mol. The van der Waals surface area contributed by atoms with Crippen LogP contribution in [0.4, 0.5) is 11.4 Å². The molecular weight excluding hydrogens is 372 g/mol. The Kier molecular flexibility index (Phi) is 6.78. The second-order valence-electron chi connectivity index (χ2n) is 7.59. The summed E-state index contributed by atoms with van der Waals surface area (Å²) in [5.74, 6) is 0.738. The highest BCUT2D eigenvalue weighted by Gasteiger charge is 2.19. The minimum Gasteiger partial charge on any atom is -0.492 e. The van der Waals surface area contributed by atoms with Crippen LogP contribution in [0.3, 0.4) is 0 Å². The van der Waals surface area contributed by atoms with Gasteiger partial charge in [-0.3, -0.25) is 14.6 Å². The summed E-state index contributed by atoms with van der Waals surface area (Å²) < 4.78 is 5.91. The van der Waals surface area contributed by atoms with E-state index >= 15 is 0 Å². The Morgan fingerprint density at radius 2 is 1.33 bits per heavy atom. The summed E-state index contributed by atoms with van der Waals surface area (Å²) in [6.45, 7) is 3.97. The van der Waals surface area contributed by atoms with E-state index in [1.54, 1.807) is 4.90 Å². The molecule has 1 aliphatic rings. The van der Waals surface area contributed by atoms with Crippen LogP contribution in [0.1, 0.15) is 29.6 Å². The molecule has 0 aliphatic carbocycles. The summed E-state index contributed by atoms with van der Waals surface area (Å²) in [6, 6.07) is 26.9. The summed E-state index contributed by atoms with van der Waals surface area (Å²) in [4.78, 5) is 17.6. The number of rotatable bonds is 7. The number of hydrogen-bond donors (Lipinski definition) is 0. The Balaban J connectivity index is 1.44. The maximum atomic E-state index is 13.4. The van der Waals surface area contributed by atoms with Crippen molar-refractivity contribution in [1.82, 2.24) is 4.90 Å². The molecule has 0 saturated carbocycles. The van der Waals surface area contributed by atoms with E-state index in [4.69, 9.17) is 4.74 Å². The summed E-state index contributed by atoms with van der Waals surface area (Å²) >= 11 is 0. The SMILES string of the molecule is O=C(c1ccc(OCCN2CCCCC2)cc1)N(c1ccccc1)c1ccccc1. The largest absolute Gasteiger partial charge is 0.492 e. The van der Waals surface area contributed by atoms with Crippen LogP contribution in [0, 0.1) is 0 Å². The molecule has 4 nitrogen and oxygen atoms in total. The van der Waals surface area contributed by atoms with Crippen molar-refractivity contribution in [2.75, 3.05) is 31.1 Å². The van der Waals surface area contributed by atoms with Crippen LogP contribution >= 0.6 is 0 Å². The lowest BCUT2D eigenvalue weighted by Crippen LogP contribution is -2.33. The number of carbonyl (C=O) groups excluding carboxylic acids is 1. The van der Waals surface area contributed by atoms with Crippen LogP contribution in [0.25, 0.3) is 0 Å². The van der Waals surface area contributed by atoms with E-state index in [9.17, 15) is 4.79 Å². The third-order valence-electron chi connectivity index (χ3n) is 5.46. The van der Waals surface area contributed by atoms with Crippen molar-refractivity contribution in [2.45, 2.75) is 19.3 Å². The van der Waals surface area contributed by atoms with Crippen molar-refractivity contribution in [3.63, 3.8) is 0 Å². The molecule has 0 aromatic heterocycles. The Hall–Kier alpha value is -3.11.